The van der Waals surface area contributed by atoms with Gasteiger partial charge in [-0.05, 0) is 18.2 Å². The smallest absolute Gasteiger partial charge is 0.328 e. The molecule has 6 heteroatoms. The Balaban J connectivity index is 2.58. The van der Waals surface area contributed by atoms with Crippen LogP contribution in [-0.2, 0) is 4.79 Å². The van der Waals surface area contributed by atoms with Crippen LogP contribution in [0, 0.1) is 0 Å². The molecule has 0 bridgehead atoms. The zero-order chi connectivity index (χ0) is 13.4. The maximum absolute atomic E-state index is 12.2. The lowest BCUT2D eigenvalue weighted by molar-refractivity contribution is -0.131. The van der Waals surface area contributed by atoms with Crippen molar-refractivity contribution < 1.29 is 19.0 Å². The number of carbonyl (C=O) groups is 1. The van der Waals surface area contributed by atoms with Crippen molar-refractivity contribution in [1.82, 2.24) is 4.98 Å². The predicted molar refractivity (Wildman–Crippen MR) is 64.6 cm³/mol. The summed E-state index contributed by atoms with van der Waals surface area (Å²) in [5.41, 5.74) is 6.10. The summed E-state index contributed by atoms with van der Waals surface area (Å²) in [4.78, 5) is 14.3. The number of rotatable bonds is 6. The van der Waals surface area contributed by atoms with E-state index in [1.807, 2.05) is 0 Å². The first-order valence-corrected chi connectivity index (χ1v) is 5.13. The fraction of sp³-hybridized carbons (Fsp3) is 0.167. The summed E-state index contributed by atoms with van der Waals surface area (Å²) in [5, 5.41) is 8.44. The topological polar surface area (TPSA) is 85.4 Å². The maximum atomic E-state index is 12.2. The monoisotopic (exact) mass is 252 g/mol. The van der Waals surface area contributed by atoms with Crippen LogP contribution in [0.4, 0.5) is 4.39 Å². The summed E-state index contributed by atoms with van der Waals surface area (Å²) in [6.45, 7) is 0.141. The van der Waals surface area contributed by atoms with Gasteiger partial charge in [0.1, 0.15) is 12.4 Å². The minimum atomic E-state index is -1.04. The number of carboxylic acid groups (broad SMARTS) is 1. The Morgan fingerprint density at radius 1 is 1.56 bits per heavy atom. The van der Waals surface area contributed by atoms with Gasteiger partial charge in [0, 0.05) is 18.2 Å². The number of halogens is 1. The fourth-order valence-corrected chi connectivity index (χ4v) is 1.04. The summed E-state index contributed by atoms with van der Waals surface area (Å²) < 4.78 is 17.4. The zero-order valence-corrected chi connectivity index (χ0v) is 9.54. The van der Waals surface area contributed by atoms with Crippen LogP contribution in [0.2, 0.25) is 0 Å². The number of hydrogen-bond acceptors (Lipinski definition) is 4. The lowest BCUT2D eigenvalue weighted by Gasteiger charge is -2.06. The van der Waals surface area contributed by atoms with Gasteiger partial charge >= 0.3 is 5.97 Å². The molecule has 18 heavy (non-hydrogen) atoms. The van der Waals surface area contributed by atoms with Crippen LogP contribution in [0.25, 0.3) is 6.08 Å². The lowest BCUT2D eigenvalue weighted by atomic mass is 10.3. The largest absolute Gasteiger partial charge is 0.487 e. The molecule has 0 aromatic carbocycles. The van der Waals surface area contributed by atoms with Gasteiger partial charge in [0.15, 0.2) is 0 Å². The molecule has 0 fully saturated rings. The molecule has 1 aromatic heterocycles. The Hall–Kier alpha value is -2.21. The van der Waals surface area contributed by atoms with Gasteiger partial charge in [-0.2, -0.15) is 0 Å². The molecule has 0 spiro atoms. The highest BCUT2D eigenvalue weighted by Crippen LogP contribution is 2.11. The van der Waals surface area contributed by atoms with Gasteiger partial charge in [0.2, 0.25) is 0 Å². The molecule has 0 saturated heterocycles. The molecule has 0 amide bonds. The van der Waals surface area contributed by atoms with Gasteiger partial charge in [-0.1, -0.05) is 0 Å². The predicted octanol–water partition coefficient (Wildman–Crippen LogP) is 1.37. The average Bonchev–Trinajstić information content (AvgIpc) is 2.39. The molecule has 3 N–H and O–H groups in total. The Kier molecular flexibility index (Phi) is 5.53. The number of aliphatic carboxylic acids is 1. The molecule has 0 saturated carbocycles. The van der Waals surface area contributed by atoms with Crippen molar-refractivity contribution in [2.75, 3.05) is 13.2 Å². The number of pyridine rings is 1. The number of ether oxygens (including phenoxy) is 1. The Bertz CT molecular complexity index is 455. The van der Waals surface area contributed by atoms with Crippen LogP contribution >= 0.6 is 0 Å². The Labute approximate surface area is 103 Å². The quantitative estimate of drug-likeness (QED) is 0.747. The maximum Gasteiger partial charge on any atom is 0.328 e. The van der Waals surface area contributed by atoms with Gasteiger partial charge in [-0.25, -0.2) is 9.18 Å². The number of carboxylic acids is 1. The summed E-state index contributed by atoms with van der Waals surface area (Å²) in [6.07, 6.45) is 4.19. The van der Waals surface area contributed by atoms with E-state index in [0.717, 1.165) is 6.08 Å². The van der Waals surface area contributed by atoms with Gasteiger partial charge in [0.25, 0.3) is 0 Å². The molecule has 1 rings (SSSR count). The fourth-order valence-electron chi connectivity index (χ4n) is 1.04. The Morgan fingerprint density at radius 3 is 2.83 bits per heavy atom. The average molecular weight is 252 g/mol. The first-order chi connectivity index (χ1) is 8.65. The summed E-state index contributed by atoms with van der Waals surface area (Å²) in [6, 6.07) is 3.21. The van der Waals surface area contributed by atoms with E-state index < -0.39 is 5.97 Å². The van der Waals surface area contributed by atoms with Crippen LogP contribution in [0.5, 0.6) is 5.75 Å². The third kappa shape index (κ3) is 4.75. The minimum absolute atomic E-state index is 0.0546. The number of nitrogens with zero attached hydrogens (tertiary/aromatic N) is 1. The van der Waals surface area contributed by atoms with E-state index in [-0.39, 0.29) is 13.2 Å². The first-order valence-electron chi connectivity index (χ1n) is 5.13. The normalized spacial score (nSPS) is 11.8. The van der Waals surface area contributed by atoms with Gasteiger partial charge < -0.3 is 15.6 Å². The molecular weight excluding hydrogens is 239 g/mol. The number of hydrogen-bond donors (Lipinski definition) is 2. The molecule has 0 aliphatic rings. The molecule has 5 nitrogen and oxygen atoms in total. The van der Waals surface area contributed by atoms with Crippen molar-refractivity contribution in [1.29, 1.82) is 0 Å². The Morgan fingerprint density at radius 2 is 2.33 bits per heavy atom. The highest BCUT2D eigenvalue weighted by molar-refractivity contribution is 5.84. The standard InChI is InChI=1S/C12H13FN2O3/c13-5-9(6-14)8-18-11-3-1-10(15-7-11)2-4-12(16)17/h1-5,7H,6,8,14H2,(H,16,17)/b4-2+,9-5+. The van der Waals surface area contributed by atoms with Crippen LogP contribution in [0.1, 0.15) is 5.69 Å². The highest BCUT2D eigenvalue weighted by atomic mass is 19.1. The molecule has 0 radical (unpaired) electrons. The third-order valence-corrected chi connectivity index (χ3v) is 2.00. The van der Waals surface area contributed by atoms with E-state index in [1.165, 1.54) is 12.3 Å². The van der Waals surface area contributed by atoms with Crippen molar-refractivity contribution in [2.45, 2.75) is 0 Å². The zero-order valence-electron chi connectivity index (χ0n) is 9.54. The summed E-state index contributed by atoms with van der Waals surface area (Å²) in [7, 11) is 0. The van der Waals surface area contributed by atoms with Crippen molar-refractivity contribution in [3.05, 3.63) is 42.0 Å². The van der Waals surface area contributed by atoms with Crippen LogP contribution in [0.3, 0.4) is 0 Å². The van der Waals surface area contributed by atoms with E-state index in [0.29, 0.717) is 23.3 Å². The molecule has 0 unspecified atom stereocenters. The molecule has 1 heterocycles. The summed E-state index contributed by atoms with van der Waals surface area (Å²) >= 11 is 0. The molecule has 0 atom stereocenters. The van der Waals surface area contributed by atoms with E-state index in [2.05, 4.69) is 4.98 Å². The molecular formula is C12H13FN2O3. The first kappa shape index (κ1) is 13.9. The van der Waals surface area contributed by atoms with Gasteiger partial charge in [-0.15, -0.1) is 0 Å². The van der Waals surface area contributed by atoms with Crippen LogP contribution in [0.15, 0.2) is 36.3 Å². The third-order valence-electron chi connectivity index (χ3n) is 2.00. The second-order valence-corrected chi connectivity index (χ2v) is 3.35. The van der Waals surface area contributed by atoms with Crippen LogP contribution < -0.4 is 10.5 Å². The molecule has 96 valence electrons. The van der Waals surface area contributed by atoms with Crippen LogP contribution in [-0.4, -0.2) is 29.2 Å². The van der Waals surface area contributed by atoms with E-state index in [1.54, 1.807) is 12.1 Å². The van der Waals surface area contributed by atoms with E-state index in [4.69, 9.17) is 15.6 Å². The second kappa shape index (κ2) is 7.18. The van der Waals surface area contributed by atoms with Gasteiger partial charge in [-0.3, -0.25) is 4.98 Å². The summed E-state index contributed by atoms with van der Waals surface area (Å²) in [5.74, 6) is -0.590. The van der Waals surface area contributed by atoms with Crippen molar-refractivity contribution >= 4 is 12.0 Å². The molecule has 0 aliphatic carbocycles. The lowest BCUT2D eigenvalue weighted by Crippen LogP contribution is -2.10. The number of nitrogens with two attached hydrogens (primary N) is 1. The van der Waals surface area contributed by atoms with Crippen molar-refractivity contribution in [2.24, 2.45) is 5.73 Å². The molecule has 1 aromatic rings. The van der Waals surface area contributed by atoms with Crippen molar-refractivity contribution in [3.8, 4) is 5.75 Å². The SMILES string of the molecule is NC/C(=C\F)COc1ccc(/C=C/C(=O)O)nc1. The molecule has 0 aliphatic heterocycles. The van der Waals surface area contributed by atoms with Crippen molar-refractivity contribution in [3.63, 3.8) is 0 Å². The van der Waals surface area contributed by atoms with Gasteiger partial charge in [0.05, 0.1) is 18.2 Å². The number of aromatic nitrogens is 1. The second-order valence-electron chi connectivity index (χ2n) is 3.35. The minimum Gasteiger partial charge on any atom is -0.487 e. The highest BCUT2D eigenvalue weighted by Gasteiger charge is 1.98. The van der Waals surface area contributed by atoms with E-state index in [9.17, 15) is 9.18 Å². The van der Waals surface area contributed by atoms with E-state index >= 15 is 0 Å².